The third kappa shape index (κ3) is 3.90. The number of allylic oxidation sites excluding steroid dienone is 1. The molecule has 0 radical (unpaired) electrons. The van der Waals surface area contributed by atoms with E-state index in [9.17, 15) is 9.90 Å². The molecule has 3 heteroatoms. The Labute approximate surface area is 77.7 Å². The van der Waals surface area contributed by atoms with Gasteiger partial charge in [0.1, 0.15) is 0 Å². The maximum Gasteiger partial charge on any atom is 0.330 e. The lowest BCUT2D eigenvalue weighted by atomic mass is 10.2. The number of rotatable bonds is 0. The number of carbonyl (C=O) groups excluding carboxylic acids is 1. The van der Waals surface area contributed by atoms with Gasteiger partial charge in [-0.2, -0.15) is 0 Å². The zero-order valence-electron chi connectivity index (χ0n) is 7.64. The first kappa shape index (κ1) is 9.99. The third-order valence-electron chi connectivity index (χ3n) is 1.82. The molecule has 13 heavy (non-hydrogen) atoms. The van der Waals surface area contributed by atoms with Crippen LogP contribution in [0.25, 0.3) is 0 Å². The van der Waals surface area contributed by atoms with E-state index in [0.29, 0.717) is 0 Å². The molecule has 0 bridgehead atoms. The minimum atomic E-state index is -0.680. The monoisotopic (exact) mass is 182 g/mol. The Balaban J connectivity index is 2.62. The van der Waals surface area contributed by atoms with E-state index in [1.54, 1.807) is 6.08 Å². The normalized spacial score (nSPS) is 34.8. The Morgan fingerprint density at radius 3 is 3.08 bits per heavy atom. The first-order chi connectivity index (χ1) is 6.18. The van der Waals surface area contributed by atoms with Crippen LogP contribution in [0.3, 0.4) is 0 Å². The molecule has 2 atom stereocenters. The maximum atomic E-state index is 11.0. The van der Waals surface area contributed by atoms with Crippen LogP contribution in [-0.4, -0.2) is 23.3 Å². The summed E-state index contributed by atoms with van der Waals surface area (Å²) in [6.45, 7) is 1.86. The number of aliphatic hydroxyl groups is 1. The predicted molar refractivity (Wildman–Crippen MR) is 49.1 cm³/mol. The lowest BCUT2D eigenvalue weighted by Gasteiger charge is -2.11. The first-order valence-corrected chi connectivity index (χ1v) is 4.42. The number of ether oxygens (including phenoxy) is 1. The number of hydrogen-bond donors (Lipinski definition) is 1. The molecule has 1 aliphatic rings. The van der Waals surface area contributed by atoms with E-state index in [-0.39, 0.29) is 12.1 Å². The van der Waals surface area contributed by atoms with Crippen LogP contribution in [0.15, 0.2) is 24.3 Å². The van der Waals surface area contributed by atoms with Gasteiger partial charge in [-0.15, -0.1) is 0 Å². The van der Waals surface area contributed by atoms with Crippen molar-refractivity contribution >= 4 is 5.97 Å². The molecule has 0 saturated heterocycles. The molecule has 3 nitrogen and oxygen atoms in total. The second kappa shape index (κ2) is 4.82. The van der Waals surface area contributed by atoms with Crippen LogP contribution >= 0.6 is 0 Å². The zero-order valence-corrected chi connectivity index (χ0v) is 7.64. The molecule has 72 valence electrons. The van der Waals surface area contributed by atoms with Gasteiger partial charge in [0.2, 0.25) is 0 Å². The van der Waals surface area contributed by atoms with Crippen LogP contribution in [0.2, 0.25) is 0 Å². The van der Waals surface area contributed by atoms with Crippen molar-refractivity contribution in [1.82, 2.24) is 0 Å². The summed E-state index contributed by atoms with van der Waals surface area (Å²) in [7, 11) is 0. The van der Waals surface area contributed by atoms with Crippen molar-refractivity contribution in [3.63, 3.8) is 0 Å². The van der Waals surface area contributed by atoms with Crippen molar-refractivity contribution in [1.29, 1.82) is 0 Å². The second-order valence-corrected chi connectivity index (χ2v) is 3.10. The molecule has 0 fully saturated rings. The lowest BCUT2D eigenvalue weighted by Crippen LogP contribution is -2.14. The molecule has 0 spiro atoms. The number of esters is 1. The molecule has 1 heterocycles. The average Bonchev–Trinajstić information content (AvgIpc) is 2.08. The molecule has 0 saturated carbocycles. The van der Waals surface area contributed by atoms with Crippen LogP contribution in [0, 0.1) is 0 Å². The molecule has 0 aromatic rings. The predicted octanol–water partition coefficient (Wildman–Crippen LogP) is 1.19. The quantitative estimate of drug-likeness (QED) is 0.452. The molecule has 0 unspecified atom stereocenters. The zero-order chi connectivity index (χ0) is 9.68. The maximum absolute atomic E-state index is 11.0. The molecule has 0 aromatic heterocycles. The fourth-order valence-corrected chi connectivity index (χ4v) is 1.10. The van der Waals surface area contributed by atoms with E-state index >= 15 is 0 Å². The van der Waals surface area contributed by atoms with Crippen molar-refractivity contribution in [3.05, 3.63) is 24.3 Å². The standard InChI is InChI=1S/C10H14O3/c1-8-4-2-3-5-9(11)6-7-10(12)13-8/h3,5-9,11H,2,4H2,1H3/b5-3+,7-6-/t8-,9-/m1/s1. The Bertz CT molecular complexity index is 230. The second-order valence-electron chi connectivity index (χ2n) is 3.10. The third-order valence-corrected chi connectivity index (χ3v) is 1.82. The van der Waals surface area contributed by atoms with E-state index in [1.165, 1.54) is 12.2 Å². The largest absolute Gasteiger partial charge is 0.460 e. The molecule has 0 amide bonds. The van der Waals surface area contributed by atoms with Gasteiger partial charge < -0.3 is 9.84 Å². The van der Waals surface area contributed by atoms with Crippen molar-refractivity contribution in [2.75, 3.05) is 0 Å². The Hall–Kier alpha value is -1.09. The van der Waals surface area contributed by atoms with Gasteiger partial charge in [0.05, 0.1) is 12.2 Å². The van der Waals surface area contributed by atoms with Crippen molar-refractivity contribution in [3.8, 4) is 0 Å². The van der Waals surface area contributed by atoms with Gasteiger partial charge in [0.15, 0.2) is 0 Å². The van der Waals surface area contributed by atoms with E-state index in [1.807, 2.05) is 13.0 Å². The molecular weight excluding hydrogens is 168 g/mol. The fourth-order valence-electron chi connectivity index (χ4n) is 1.10. The van der Waals surface area contributed by atoms with Crippen molar-refractivity contribution in [2.24, 2.45) is 0 Å². The molecular formula is C10H14O3. The first-order valence-electron chi connectivity index (χ1n) is 4.42. The molecule has 1 aliphatic heterocycles. The molecule has 1 rings (SSSR count). The number of aliphatic hydroxyl groups excluding tert-OH is 1. The van der Waals surface area contributed by atoms with Gasteiger partial charge in [-0.05, 0) is 25.8 Å². The Kier molecular flexibility index (Phi) is 3.71. The summed E-state index contributed by atoms with van der Waals surface area (Å²) in [5.74, 6) is -0.387. The smallest absolute Gasteiger partial charge is 0.330 e. The molecule has 1 N–H and O–H groups in total. The van der Waals surface area contributed by atoms with Gasteiger partial charge in [-0.3, -0.25) is 0 Å². The summed E-state index contributed by atoms with van der Waals surface area (Å²) in [6, 6.07) is 0. The van der Waals surface area contributed by atoms with Gasteiger partial charge in [0, 0.05) is 6.08 Å². The van der Waals surface area contributed by atoms with Crippen LogP contribution in [0.5, 0.6) is 0 Å². The number of cyclic esters (lactones) is 1. The van der Waals surface area contributed by atoms with Crippen LogP contribution in [0.4, 0.5) is 0 Å². The summed E-state index contributed by atoms with van der Waals surface area (Å²) in [5.41, 5.74) is 0. The Morgan fingerprint density at radius 2 is 2.31 bits per heavy atom. The average molecular weight is 182 g/mol. The highest BCUT2D eigenvalue weighted by molar-refractivity contribution is 5.82. The van der Waals surface area contributed by atoms with Crippen LogP contribution in [0.1, 0.15) is 19.8 Å². The molecule has 0 aromatic carbocycles. The highest BCUT2D eigenvalue weighted by Gasteiger charge is 2.07. The van der Waals surface area contributed by atoms with E-state index in [4.69, 9.17) is 4.74 Å². The van der Waals surface area contributed by atoms with Gasteiger partial charge in [-0.1, -0.05) is 12.2 Å². The number of hydrogen-bond acceptors (Lipinski definition) is 3. The summed E-state index contributed by atoms with van der Waals surface area (Å²) < 4.78 is 5.00. The fraction of sp³-hybridized carbons (Fsp3) is 0.500. The van der Waals surface area contributed by atoms with E-state index in [2.05, 4.69) is 0 Å². The summed E-state index contributed by atoms with van der Waals surface area (Å²) >= 11 is 0. The minimum Gasteiger partial charge on any atom is -0.460 e. The minimum absolute atomic E-state index is 0.0583. The van der Waals surface area contributed by atoms with Crippen LogP contribution in [-0.2, 0) is 9.53 Å². The van der Waals surface area contributed by atoms with E-state index in [0.717, 1.165) is 12.8 Å². The summed E-state index contributed by atoms with van der Waals surface area (Å²) in [4.78, 5) is 11.0. The highest BCUT2D eigenvalue weighted by Crippen LogP contribution is 2.06. The highest BCUT2D eigenvalue weighted by atomic mass is 16.5. The van der Waals surface area contributed by atoms with Gasteiger partial charge >= 0.3 is 5.97 Å². The Morgan fingerprint density at radius 1 is 1.54 bits per heavy atom. The summed E-state index contributed by atoms with van der Waals surface area (Å²) in [5, 5.41) is 9.23. The van der Waals surface area contributed by atoms with Gasteiger partial charge in [-0.25, -0.2) is 4.79 Å². The lowest BCUT2D eigenvalue weighted by molar-refractivity contribution is -0.142. The van der Waals surface area contributed by atoms with Crippen LogP contribution < -0.4 is 0 Å². The topological polar surface area (TPSA) is 46.5 Å². The SMILES string of the molecule is C[C@@H]1CC/C=C/[C@@H](O)/C=C\C(=O)O1. The summed E-state index contributed by atoms with van der Waals surface area (Å²) in [6.07, 6.45) is 7.11. The van der Waals surface area contributed by atoms with E-state index < -0.39 is 6.10 Å². The number of carbonyl (C=O) groups is 1. The van der Waals surface area contributed by atoms with Gasteiger partial charge in [0.25, 0.3) is 0 Å². The molecule has 0 aliphatic carbocycles. The van der Waals surface area contributed by atoms with Crippen molar-refractivity contribution < 1.29 is 14.6 Å². The van der Waals surface area contributed by atoms with Crippen molar-refractivity contribution in [2.45, 2.75) is 32.0 Å².